The van der Waals surface area contributed by atoms with Gasteiger partial charge in [-0.2, -0.15) is 0 Å². The highest BCUT2D eigenvalue weighted by Crippen LogP contribution is 2.51. The fraction of sp³-hybridized carbons (Fsp3) is 0.217. The molecule has 1 aromatic heterocycles. The van der Waals surface area contributed by atoms with Crippen molar-refractivity contribution < 1.29 is 14.3 Å². The zero-order valence-electron chi connectivity index (χ0n) is 15.4. The summed E-state index contributed by atoms with van der Waals surface area (Å²) in [4.78, 5) is 17.9. The second-order valence-corrected chi connectivity index (χ2v) is 7.35. The van der Waals surface area contributed by atoms with E-state index in [9.17, 15) is 4.79 Å². The number of aromatic nitrogens is 1. The Bertz CT molecular complexity index is 1070. The molecule has 1 fully saturated rings. The maximum Gasteiger partial charge on any atom is 0.231 e. The number of carbonyl (C=O) groups excluding carboxylic acids is 1. The lowest BCUT2D eigenvalue weighted by atomic mass is 9.88. The zero-order valence-corrected chi connectivity index (χ0v) is 15.4. The van der Waals surface area contributed by atoms with Gasteiger partial charge in [0.1, 0.15) is 5.78 Å². The summed E-state index contributed by atoms with van der Waals surface area (Å²) in [6, 6.07) is 19.2. The zero-order chi connectivity index (χ0) is 19.1. The summed E-state index contributed by atoms with van der Waals surface area (Å²) >= 11 is 0. The number of carbonyl (C=O) groups is 1. The summed E-state index contributed by atoms with van der Waals surface area (Å²) in [5, 5.41) is 0. The molecule has 0 spiro atoms. The Morgan fingerprint density at radius 1 is 1.00 bits per heavy atom. The maximum absolute atomic E-state index is 13.2. The van der Waals surface area contributed by atoms with Gasteiger partial charge in [0.25, 0.3) is 0 Å². The number of hydrogen-bond donors (Lipinski definition) is 1. The first-order chi connectivity index (χ1) is 13.7. The first kappa shape index (κ1) is 16.8. The van der Waals surface area contributed by atoms with Crippen LogP contribution in [0.5, 0.6) is 11.5 Å². The van der Waals surface area contributed by atoms with Crippen LogP contribution in [0.2, 0.25) is 0 Å². The first-order valence-electron chi connectivity index (χ1n) is 9.40. The summed E-state index contributed by atoms with van der Waals surface area (Å²) < 4.78 is 10.9. The fourth-order valence-electron chi connectivity index (χ4n) is 3.84. The van der Waals surface area contributed by atoms with Crippen LogP contribution in [-0.4, -0.2) is 17.6 Å². The molecule has 2 aromatic carbocycles. The Morgan fingerprint density at radius 2 is 1.82 bits per heavy atom. The molecule has 5 rings (SSSR count). The van der Waals surface area contributed by atoms with E-state index < -0.39 is 5.41 Å². The molecule has 3 aromatic rings. The van der Waals surface area contributed by atoms with E-state index in [1.807, 2.05) is 60.7 Å². The molecule has 140 valence electrons. The van der Waals surface area contributed by atoms with Crippen molar-refractivity contribution in [1.82, 2.24) is 4.98 Å². The van der Waals surface area contributed by atoms with Gasteiger partial charge in [0.15, 0.2) is 11.5 Å². The summed E-state index contributed by atoms with van der Waals surface area (Å²) in [5.41, 5.74) is 9.76. The van der Waals surface area contributed by atoms with Crippen LogP contribution in [0.25, 0.3) is 11.3 Å². The van der Waals surface area contributed by atoms with Gasteiger partial charge in [0.2, 0.25) is 6.79 Å². The van der Waals surface area contributed by atoms with Gasteiger partial charge in [-0.3, -0.25) is 9.78 Å². The van der Waals surface area contributed by atoms with E-state index in [2.05, 4.69) is 0 Å². The van der Waals surface area contributed by atoms with Crippen LogP contribution in [0.1, 0.15) is 24.1 Å². The van der Waals surface area contributed by atoms with E-state index in [1.165, 1.54) is 0 Å². The maximum atomic E-state index is 13.2. The van der Waals surface area contributed by atoms with E-state index >= 15 is 0 Å². The van der Waals surface area contributed by atoms with Crippen molar-refractivity contribution in [3.05, 3.63) is 71.9 Å². The number of anilines is 1. The van der Waals surface area contributed by atoms with E-state index in [1.54, 1.807) is 0 Å². The molecule has 0 unspecified atom stereocenters. The summed E-state index contributed by atoms with van der Waals surface area (Å²) in [6.07, 6.45) is 2.02. The minimum absolute atomic E-state index is 0.192. The summed E-state index contributed by atoms with van der Waals surface area (Å²) in [7, 11) is 0. The highest BCUT2D eigenvalue weighted by molar-refractivity contribution is 5.94. The molecule has 2 aliphatic rings. The first-order valence-corrected chi connectivity index (χ1v) is 9.40. The third-order valence-electron chi connectivity index (χ3n) is 5.59. The van der Waals surface area contributed by atoms with Gasteiger partial charge in [-0.05, 0) is 48.7 Å². The second kappa shape index (κ2) is 6.37. The van der Waals surface area contributed by atoms with Crippen molar-refractivity contribution in [1.29, 1.82) is 0 Å². The smallest absolute Gasteiger partial charge is 0.231 e. The highest BCUT2D eigenvalue weighted by Gasteiger charge is 2.50. The molecular formula is C23H20N2O3. The minimum atomic E-state index is -0.426. The van der Waals surface area contributed by atoms with Crippen molar-refractivity contribution in [3.63, 3.8) is 0 Å². The average molecular weight is 372 g/mol. The predicted octanol–water partition coefficient (Wildman–Crippen LogP) is 3.90. The highest BCUT2D eigenvalue weighted by atomic mass is 16.7. The third-order valence-corrected chi connectivity index (χ3v) is 5.59. The Balaban J connectivity index is 1.40. The van der Waals surface area contributed by atoms with E-state index in [-0.39, 0.29) is 12.6 Å². The predicted molar refractivity (Wildman–Crippen MR) is 106 cm³/mol. The van der Waals surface area contributed by atoms with E-state index in [4.69, 9.17) is 20.2 Å². The SMILES string of the molecule is Nc1ccccc1-c1cccc(CC(=O)C2(c3ccc4c(c3)OCO4)CC2)n1. The van der Waals surface area contributed by atoms with Gasteiger partial charge in [-0.15, -0.1) is 0 Å². The van der Waals surface area contributed by atoms with Gasteiger partial charge in [-0.25, -0.2) is 0 Å². The summed E-state index contributed by atoms with van der Waals surface area (Å²) in [5.74, 6) is 1.65. The molecule has 1 saturated carbocycles. The normalized spacial score (nSPS) is 16.0. The van der Waals surface area contributed by atoms with Gasteiger partial charge in [0, 0.05) is 23.4 Å². The van der Waals surface area contributed by atoms with Crippen LogP contribution < -0.4 is 15.2 Å². The number of ether oxygens (including phenoxy) is 2. The number of pyridine rings is 1. The number of hydrogen-bond acceptors (Lipinski definition) is 5. The molecule has 0 bridgehead atoms. The molecule has 2 heterocycles. The van der Waals surface area contributed by atoms with Crippen molar-refractivity contribution in [2.24, 2.45) is 0 Å². The van der Waals surface area contributed by atoms with Gasteiger partial charge in [0.05, 0.1) is 11.1 Å². The number of rotatable bonds is 5. The number of para-hydroxylation sites is 1. The average Bonchev–Trinajstić information content (AvgIpc) is 3.40. The minimum Gasteiger partial charge on any atom is -0.454 e. The standard InChI is InChI=1S/C23H20N2O3/c24-18-6-2-1-5-17(18)19-7-3-4-16(25-19)13-22(26)23(10-11-23)15-8-9-20-21(12-15)28-14-27-20/h1-9,12H,10-11,13-14,24H2. The molecule has 28 heavy (non-hydrogen) atoms. The third kappa shape index (κ3) is 2.80. The second-order valence-electron chi connectivity index (χ2n) is 7.35. The fourth-order valence-corrected chi connectivity index (χ4v) is 3.84. The molecule has 1 aliphatic carbocycles. The Hall–Kier alpha value is -3.34. The lowest BCUT2D eigenvalue weighted by Gasteiger charge is -2.15. The Labute approximate surface area is 163 Å². The number of nitrogens with zero attached hydrogens (tertiary/aromatic N) is 1. The number of ketones is 1. The van der Waals surface area contributed by atoms with E-state index in [0.29, 0.717) is 12.1 Å². The Kier molecular flexibility index (Phi) is 3.83. The molecule has 0 atom stereocenters. The van der Waals surface area contributed by atoms with Gasteiger partial charge < -0.3 is 15.2 Å². The lowest BCUT2D eigenvalue weighted by Crippen LogP contribution is -2.23. The molecule has 0 radical (unpaired) electrons. The number of fused-ring (bicyclic) bond motifs is 1. The van der Waals surface area contributed by atoms with Crippen LogP contribution in [0.15, 0.2) is 60.7 Å². The van der Waals surface area contributed by atoms with Crippen LogP contribution in [0.3, 0.4) is 0 Å². The number of nitrogens with two attached hydrogens (primary N) is 1. The van der Waals surface area contributed by atoms with Crippen molar-refractivity contribution in [3.8, 4) is 22.8 Å². The molecule has 1 aliphatic heterocycles. The van der Waals surface area contributed by atoms with Crippen molar-refractivity contribution >= 4 is 11.5 Å². The quantitative estimate of drug-likeness (QED) is 0.688. The molecule has 0 amide bonds. The van der Waals surface area contributed by atoms with Crippen molar-refractivity contribution in [2.75, 3.05) is 12.5 Å². The van der Waals surface area contributed by atoms with Crippen LogP contribution >= 0.6 is 0 Å². The monoisotopic (exact) mass is 372 g/mol. The number of nitrogen functional groups attached to an aromatic ring is 1. The van der Waals surface area contributed by atoms with Crippen molar-refractivity contribution in [2.45, 2.75) is 24.7 Å². The molecular weight excluding hydrogens is 352 g/mol. The largest absolute Gasteiger partial charge is 0.454 e. The molecule has 5 nitrogen and oxygen atoms in total. The Morgan fingerprint density at radius 3 is 2.64 bits per heavy atom. The van der Waals surface area contributed by atoms with Gasteiger partial charge in [-0.1, -0.05) is 30.3 Å². The van der Waals surface area contributed by atoms with E-state index in [0.717, 1.165) is 46.9 Å². The van der Waals surface area contributed by atoms with Crippen LogP contribution in [0.4, 0.5) is 5.69 Å². The molecule has 0 saturated heterocycles. The van der Waals surface area contributed by atoms with Gasteiger partial charge >= 0.3 is 0 Å². The topological polar surface area (TPSA) is 74.4 Å². The summed E-state index contributed by atoms with van der Waals surface area (Å²) in [6.45, 7) is 0.235. The number of Topliss-reactive ketones (excluding diaryl/α,β-unsaturated/α-hetero) is 1. The molecule has 2 N–H and O–H groups in total. The van der Waals surface area contributed by atoms with Crippen LogP contribution in [-0.2, 0) is 16.6 Å². The molecule has 5 heteroatoms. The van der Waals surface area contributed by atoms with Crippen LogP contribution in [0, 0.1) is 0 Å². The lowest BCUT2D eigenvalue weighted by molar-refractivity contribution is -0.120. The number of benzene rings is 2.